The van der Waals surface area contributed by atoms with Crippen molar-refractivity contribution in [3.8, 4) is 22.8 Å². The Labute approximate surface area is 212 Å². The van der Waals surface area contributed by atoms with Gasteiger partial charge in [0.25, 0.3) is 5.91 Å². The van der Waals surface area contributed by atoms with Crippen LogP contribution >= 0.6 is 0 Å². The molecule has 12 heteroatoms. The molecule has 0 radical (unpaired) electrons. The van der Waals surface area contributed by atoms with Gasteiger partial charge in [-0.25, -0.2) is 15.0 Å². The Morgan fingerprint density at radius 1 is 1.14 bits per heavy atom. The Morgan fingerprint density at radius 3 is 2.62 bits per heavy atom. The molecule has 3 N–H and O–H groups in total. The van der Waals surface area contributed by atoms with Crippen molar-refractivity contribution in [3.63, 3.8) is 0 Å². The number of amides is 1. The van der Waals surface area contributed by atoms with Crippen LogP contribution in [-0.4, -0.2) is 70.6 Å². The molecule has 5 heterocycles. The molecule has 1 aliphatic heterocycles. The number of nitrogens with one attached hydrogen (secondary N) is 1. The number of carbonyl (C=O) groups is 1. The lowest BCUT2D eigenvalue weighted by Crippen LogP contribution is -2.35. The summed E-state index contributed by atoms with van der Waals surface area (Å²) in [5.74, 6) is 0.717. The topological polar surface area (TPSA) is 155 Å². The third-order valence-corrected chi connectivity index (χ3v) is 6.96. The maximum Gasteiger partial charge on any atom is 0.262 e. The van der Waals surface area contributed by atoms with Crippen molar-refractivity contribution in [2.75, 3.05) is 18.9 Å². The lowest BCUT2D eigenvalue weighted by Gasteiger charge is -2.31. The standard InChI is InChI=1S/C25H26N8O4/c1-14-13-33(15-10-16(34)11-15)30-22(14)29-24-26-8-6-19(28-24)17-4-3-5-18(27-17)20-12-21(37-31-20)25(36)7-9-32(2)23(25)35/h3-6,8,12-13,15-16,34,36H,7,9-11H2,1-2H3,(H,26,28,29,30). The molecule has 1 saturated heterocycles. The number of likely N-dealkylation sites (N-methyl/N-ethyl adjacent to an activating group) is 1. The van der Waals surface area contributed by atoms with Crippen LogP contribution in [0, 0.1) is 6.92 Å². The Bertz CT molecular complexity index is 1480. The van der Waals surface area contributed by atoms with Gasteiger partial charge in [-0.3, -0.25) is 9.48 Å². The fourth-order valence-corrected chi connectivity index (χ4v) is 4.63. The van der Waals surface area contributed by atoms with Gasteiger partial charge < -0.3 is 25.0 Å². The van der Waals surface area contributed by atoms with E-state index in [1.807, 2.05) is 29.9 Å². The zero-order chi connectivity index (χ0) is 25.7. The summed E-state index contributed by atoms with van der Waals surface area (Å²) in [5.41, 5.74) is 1.34. The summed E-state index contributed by atoms with van der Waals surface area (Å²) in [6.45, 7) is 2.39. The van der Waals surface area contributed by atoms with Crippen LogP contribution in [-0.2, 0) is 10.4 Å². The van der Waals surface area contributed by atoms with Gasteiger partial charge >= 0.3 is 0 Å². The summed E-state index contributed by atoms with van der Waals surface area (Å²) in [7, 11) is 1.64. The van der Waals surface area contributed by atoms with E-state index in [0.717, 1.165) is 5.56 Å². The highest BCUT2D eigenvalue weighted by Gasteiger charge is 2.48. The number of rotatable bonds is 6. The van der Waals surface area contributed by atoms with Crippen LogP contribution in [0.3, 0.4) is 0 Å². The highest BCUT2D eigenvalue weighted by atomic mass is 16.5. The van der Waals surface area contributed by atoms with Gasteiger partial charge in [0.05, 0.1) is 29.2 Å². The van der Waals surface area contributed by atoms with E-state index < -0.39 is 11.5 Å². The van der Waals surface area contributed by atoms with Crippen molar-refractivity contribution in [2.45, 2.75) is 43.9 Å². The molecule has 1 atom stereocenters. The molecule has 1 amide bonds. The fraction of sp³-hybridized carbons (Fsp3) is 0.360. The van der Waals surface area contributed by atoms with Crippen LogP contribution in [0.1, 0.15) is 36.6 Å². The molecule has 1 unspecified atom stereocenters. The van der Waals surface area contributed by atoms with Gasteiger partial charge in [0, 0.05) is 44.0 Å². The number of aromatic nitrogens is 6. The van der Waals surface area contributed by atoms with E-state index >= 15 is 0 Å². The molecular formula is C25H26N8O4. The van der Waals surface area contributed by atoms with E-state index in [1.165, 1.54) is 4.90 Å². The van der Waals surface area contributed by atoms with E-state index in [-0.39, 0.29) is 24.3 Å². The summed E-state index contributed by atoms with van der Waals surface area (Å²) in [4.78, 5) is 27.5. The molecule has 2 fully saturated rings. The normalized spacial score (nSPS) is 23.4. The number of pyridine rings is 1. The molecule has 4 aromatic heterocycles. The Kier molecular flexibility index (Phi) is 5.50. The minimum absolute atomic E-state index is 0.101. The first-order valence-corrected chi connectivity index (χ1v) is 12.1. The van der Waals surface area contributed by atoms with E-state index in [2.05, 4.69) is 30.5 Å². The van der Waals surface area contributed by atoms with Gasteiger partial charge in [-0.05, 0) is 38.0 Å². The van der Waals surface area contributed by atoms with E-state index in [4.69, 9.17) is 4.52 Å². The van der Waals surface area contributed by atoms with Gasteiger partial charge in [-0.2, -0.15) is 5.10 Å². The van der Waals surface area contributed by atoms with Gasteiger partial charge in [0.15, 0.2) is 11.6 Å². The number of nitrogens with zero attached hydrogens (tertiary/aromatic N) is 7. The van der Waals surface area contributed by atoms with E-state index in [0.29, 0.717) is 53.9 Å². The minimum atomic E-state index is -1.71. The Hall–Kier alpha value is -4.16. The largest absolute Gasteiger partial charge is 0.393 e. The molecule has 1 aliphatic carbocycles. The smallest absolute Gasteiger partial charge is 0.262 e. The number of aryl methyl sites for hydroxylation is 1. The van der Waals surface area contributed by atoms with Crippen LogP contribution in [0.25, 0.3) is 22.8 Å². The zero-order valence-electron chi connectivity index (χ0n) is 20.4. The van der Waals surface area contributed by atoms with E-state index in [1.54, 1.807) is 31.4 Å². The van der Waals surface area contributed by atoms with Crippen LogP contribution in [0.4, 0.5) is 11.8 Å². The Balaban J connectivity index is 1.23. The zero-order valence-corrected chi connectivity index (χ0v) is 20.4. The average Bonchev–Trinajstić information content (AvgIpc) is 3.58. The van der Waals surface area contributed by atoms with Gasteiger partial charge in [-0.1, -0.05) is 11.2 Å². The predicted octanol–water partition coefficient (Wildman–Crippen LogP) is 2.19. The van der Waals surface area contributed by atoms with Gasteiger partial charge in [-0.15, -0.1) is 0 Å². The molecule has 4 aromatic rings. The quantitative estimate of drug-likeness (QED) is 0.357. The summed E-state index contributed by atoms with van der Waals surface area (Å²) >= 11 is 0. The number of likely N-dealkylation sites (tertiary alicyclic amines) is 1. The lowest BCUT2D eigenvalue weighted by molar-refractivity contribution is -0.144. The van der Waals surface area contributed by atoms with Crippen molar-refractivity contribution >= 4 is 17.7 Å². The maximum atomic E-state index is 12.4. The van der Waals surface area contributed by atoms with Crippen molar-refractivity contribution in [1.29, 1.82) is 0 Å². The second-order valence-electron chi connectivity index (χ2n) is 9.63. The number of carbonyl (C=O) groups excluding carboxylic acids is 1. The van der Waals surface area contributed by atoms with Crippen LogP contribution in [0.15, 0.2) is 47.2 Å². The molecule has 0 aromatic carbocycles. The monoisotopic (exact) mass is 502 g/mol. The highest BCUT2D eigenvalue weighted by Crippen LogP contribution is 2.35. The van der Waals surface area contributed by atoms with Crippen molar-refractivity contribution in [1.82, 2.24) is 34.8 Å². The molecule has 2 aliphatic rings. The number of hydrogen-bond acceptors (Lipinski definition) is 10. The van der Waals surface area contributed by atoms with Crippen molar-refractivity contribution in [2.24, 2.45) is 0 Å². The first-order valence-electron chi connectivity index (χ1n) is 12.1. The van der Waals surface area contributed by atoms with E-state index in [9.17, 15) is 15.0 Å². The molecule has 37 heavy (non-hydrogen) atoms. The average molecular weight is 503 g/mol. The fourth-order valence-electron chi connectivity index (χ4n) is 4.63. The summed E-state index contributed by atoms with van der Waals surface area (Å²) in [6.07, 6.45) is 4.98. The Morgan fingerprint density at radius 2 is 1.89 bits per heavy atom. The number of aliphatic hydroxyl groups excluding tert-OH is 1. The minimum Gasteiger partial charge on any atom is -0.393 e. The molecule has 1 saturated carbocycles. The predicted molar refractivity (Wildman–Crippen MR) is 131 cm³/mol. The SMILES string of the molecule is Cc1cn(C2CC(O)C2)nc1Nc1nccc(-c2cccc(-c3cc(C4(O)CCN(C)C4=O)on3)n2)n1. The highest BCUT2D eigenvalue weighted by molar-refractivity contribution is 5.87. The maximum absolute atomic E-state index is 12.4. The summed E-state index contributed by atoms with van der Waals surface area (Å²) < 4.78 is 7.23. The van der Waals surface area contributed by atoms with Crippen LogP contribution < -0.4 is 5.32 Å². The molecule has 190 valence electrons. The van der Waals surface area contributed by atoms with Crippen molar-refractivity contribution < 1.29 is 19.5 Å². The first-order chi connectivity index (χ1) is 17.8. The summed E-state index contributed by atoms with van der Waals surface area (Å²) in [5, 5.41) is 32.2. The number of anilines is 2. The third-order valence-electron chi connectivity index (χ3n) is 6.96. The van der Waals surface area contributed by atoms with Gasteiger partial charge in [0.2, 0.25) is 11.5 Å². The van der Waals surface area contributed by atoms with Crippen molar-refractivity contribution in [3.05, 3.63) is 54.0 Å². The molecule has 0 spiro atoms. The molecule has 12 nitrogen and oxygen atoms in total. The summed E-state index contributed by atoms with van der Waals surface area (Å²) in [6, 6.07) is 8.92. The second-order valence-corrected chi connectivity index (χ2v) is 9.63. The molecular weight excluding hydrogens is 476 g/mol. The lowest BCUT2D eigenvalue weighted by atomic mass is 9.90. The van der Waals surface area contributed by atoms with Crippen LogP contribution in [0.2, 0.25) is 0 Å². The second kappa shape index (κ2) is 8.75. The molecule has 0 bridgehead atoms. The van der Waals surface area contributed by atoms with Gasteiger partial charge in [0.1, 0.15) is 5.69 Å². The third kappa shape index (κ3) is 4.13. The van der Waals surface area contributed by atoms with Crippen LogP contribution in [0.5, 0.6) is 0 Å². The molecule has 6 rings (SSSR count). The number of hydrogen-bond donors (Lipinski definition) is 3. The number of aliphatic hydroxyl groups is 2. The first kappa shape index (κ1) is 23.3.